The van der Waals surface area contributed by atoms with Crippen LogP contribution in [0.1, 0.15) is 5.56 Å². The number of hydrogen-bond donors (Lipinski definition) is 0. The molecule has 0 aliphatic heterocycles. The van der Waals surface area contributed by atoms with E-state index in [4.69, 9.17) is 0 Å². The van der Waals surface area contributed by atoms with Gasteiger partial charge in [0.2, 0.25) is 0 Å². The summed E-state index contributed by atoms with van der Waals surface area (Å²) in [5.74, 6) is 0. The molecule has 25 heavy (non-hydrogen) atoms. The fourth-order valence-corrected chi connectivity index (χ4v) is 2.93. The van der Waals surface area contributed by atoms with Crippen molar-refractivity contribution >= 4 is 0 Å². The Morgan fingerprint density at radius 3 is 1.44 bits per heavy atom. The summed E-state index contributed by atoms with van der Waals surface area (Å²) in [5.41, 5.74) is 8.03. The second-order valence-corrected chi connectivity index (χ2v) is 6.02. The van der Waals surface area contributed by atoms with E-state index in [0.717, 1.165) is 38.9 Å². The van der Waals surface area contributed by atoms with Crippen molar-refractivity contribution in [2.45, 2.75) is 6.92 Å². The number of hydrogen-bond acceptors (Lipinski definition) is 3. The molecule has 0 radical (unpaired) electrons. The first-order valence-corrected chi connectivity index (χ1v) is 8.17. The van der Waals surface area contributed by atoms with Crippen LogP contribution in [0.25, 0.3) is 33.4 Å². The van der Waals surface area contributed by atoms with Gasteiger partial charge in [0.05, 0.1) is 0 Å². The molecule has 0 fully saturated rings. The van der Waals surface area contributed by atoms with Gasteiger partial charge in [-0.15, -0.1) is 0 Å². The van der Waals surface area contributed by atoms with Crippen LogP contribution < -0.4 is 0 Å². The second-order valence-electron chi connectivity index (χ2n) is 6.02. The van der Waals surface area contributed by atoms with Gasteiger partial charge in [0.15, 0.2) is 0 Å². The van der Waals surface area contributed by atoms with Gasteiger partial charge in [-0.1, -0.05) is 0 Å². The minimum absolute atomic E-state index is 1.12. The predicted molar refractivity (Wildman–Crippen MR) is 101 cm³/mol. The number of pyridine rings is 3. The molecular weight excluding hydrogens is 306 g/mol. The van der Waals surface area contributed by atoms with Crippen LogP contribution in [-0.2, 0) is 0 Å². The van der Waals surface area contributed by atoms with E-state index in [1.165, 1.54) is 0 Å². The highest BCUT2D eigenvalue weighted by Crippen LogP contribution is 2.32. The van der Waals surface area contributed by atoms with E-state index in [9.17, 15) is 0 Å². The van der Waals surface area contributed by atoms with Crippen molar-refractivity contribution in [1.82, 2.24) is 15.0 Å². The Kier molecular flexibility index (Phi) is 4.05. The van der Waals surface area contributed by atoms with E-state index in [-0.39, 0.29) is 0 Å². The maximum absolute atomic E-state index is 4.35. The van der Waals surface area contributed by atoms with E-state index in [1.807, 2.05) is 61.4 Å². The molecule has 0 N–H and O–H groups in total. The van der Waals surface area contributed by atoms with Gasteiger partial charge in [0.25, 0.3) is 0 Å². The Labute approximate surface area is 147 Å². The lowest BCUT2D eigenvalue weighted by Crippen LogP contribution is -1.88. The summed E-state index contributed by atoms with van der Waals surface area (Å²) >= 11 is 0. The molecule has 4 rings (SSSR count). The molecule has 3 nitrogen and oxygen atoms in total. The molecule has 3 heterocycles. The highest BCUT2D eigenvalue weighted by molar-refractivity contribution is 5.80. The largest absolute Gasteiger partial charge is 0.265 e. The number of aryl methyl sites for hydroxylation is 1. The minimum Gasteiger partial charge on any atom is -0.265 e. The number of benzene rings is 1. The lowest BCUT2D eigenvalue weighted by Gasteiger charge is -2.11. The van der Waals surface area contributed by atoms with Gasteiger partial charge in [-0.25, -0.2) is 0 Å². The number of nitrogens with zero attached hydrogens (tertiary/aromatic N) is 3. The molecule has 0 aliphatic carbocycles. The van der Waals surface area contributed by atoms with Gasteiger partial charge >= 0.3 is 0 Å². The predicted octanol–water partition coefficient (Wildman–Crippen LogP) is 5.18. The van der Waals surface area contributed by atoms with E-state index >= 15 is 0 Å². The van der Waals surface area contributed by atoms with Crippen LogP contribution >= 0.6 is 0 Å². The van der Waals surface area contributed by atoms with Crippen LogP contribution in [0, 0.1) is 6.92 Å². The second kappa shape index (κ2) is 6.65. The van der Waals surface area contributed by atoms with Crippen LogP contribution in [0.3, 0.4) is 0 Å². The monoisotopic (exact) mass is 323 g/mol. The van der Waals surface area contributed by atoms with Gasteiger partial charge in [-0.2, -0.15) is 0 Å². The third kappa shape index (κ3) is 3.31. The van der Waals surface area contributed by atoms with Gasteiger partial charge in [0, 0.05) is 42.7 Å². The van der Waals surface area contributed by atoms with E-state index in [2.05, 4.69) is 46.1 Å². The SMILES string of the molecule is Cc1cncc(-c2cc(-c3ccncc3)cc(-c3ccncc3)c2)c1. The maximum atomic E-state index is 4.35. The van der Waals surface area contributed by atoms with E-state index < -0.39 is 0 Å². The van der Waals surface area contributed by atoms with Crippen molar-refractivity contribution in [2.24, 2.45) is 0 Å². The van der Waals surface area contributed by atoms with Crippen molar-refractivity contribution in [3.8, 4) is 33.4 Å². The van der Waals surface area contributed by atoms with Gasteiger partial charge in [-0.3, -0.25) is 15.0 Å². The van der Waals surface area contributed by atoms with E-state index in [1.54, 1.807) is 0 Å². The van der Waals surface area contributed by atoms with Crippen molar-refractivity contribution in [3.63, 3.8) is 0 Å². The summed E-state index contributed by atoms with van der Waals surface area (Å²) in [6.07, 6.45) is 11.1. The van der Waals surface area contributed by atoms with Gasteiger partial charge in [-0.05, 0) is 88.8 Å². The Hall–Kier alpha value is -3.33. The molecule has 4 aromatic rings. The molecular formula is C22H17N3. The number of rotatable bonds is 3. The van der Waals surface area contributed by atoms with Crippen LogP contribution in [0.5, 0.6) is 0 Å². The van der Waals surface area contributed by atoms with Crippen molar-refractivity contribution < 1.29 is 0 Å². The van der Waals surface area contributed by atoms with Crippen LogP contribution in [0.4, 0.5) is 0 Å². The van der Waals surface area contributed by atoms with Crippen LogP contribution in [-0.4, -0.2) is 15.0 Å². The highest BCUT2D eigenvalue weighted by Gasteiger charge is 2.07. The van der Waals surface area contributed by atoms with Gasteiger partial charge in [0.1, 0.15) is 0 Å². The molecule has 0 aliphatic rings. The summed E-state index contributed by atoms with van der Waals surface area (Å²) in [6.45, 7) is 2.06. The normalized spacial score (nSPS) is 10.6. The lowest BCUT2D eigenvalue weighted by atomic mass is 9.94. The lowest BCUT2D eigenvalue weighted by molar-refractivity contribution is 1.27. The topological polar surface area (TPSA) is 38.7 Å². The summed E-state index contributed by atoms with van der Waals surface area (Å²) < 4.78 is 0. The van der Waals surface area contributed by atoms with Crippen molar-refractivity contribution in [2.75, 3.05) is 0 Å². The third-order valence-electron chi connectivity index (χ3n) is 4.17. The molecule has 0 spiro atoms. The smallest absolute Gasteiger partial charge is 0.0346 e. The standard InChI is InChI=1S/C22H17N3/c1-16-10-22(15-25-14-16)21-12-19(17-2-6-23-7-3-17)11-20(13-21)18-4-8-24-9-5-18/h2-15H,1H3. The first-order chi connectivity index (χ1) is 12.3. The zero-order valence-electron chi connectivity index (χ0n) is 13.9. The molecule has 0 saturated heterocycles. The molecule has 0 unspecified atom stereocenters. The van der Waals surface area contributed by atoms with Crippen molar-refractivity contribution in [3.05, 3.63) is 91.3 Å². The summed E-state index contributed by atoms with van der Waals surface area (Å²) in [4.78, 5) is 12.6. The summed E-state index contributed by atoms with van der Waals surface area (Å²) in [6, 6.07) is 16.9. The highest BCUT2D eigenvalue weighted by atomic mass is 14.6. The molecule has 0 saturated carbocycles. The molecule has 0 bridgehead atoms. The average Bonchev–Trinajstić information content (AvgIpc) is 2.69. The first kappa shape index (κ1) is 15.2. The molecule has 3 heteroatoms. The molecule has 1 aromatic carbocycles. The Balaban J connectivity index is 1.92. The average molecular weight is 323 g/mol. The fraction of sp³-hybridized carbons (Fsp3) is 0.0455. The van der Waals surface area contributed by atoms with Crippen molar-refractivity contribution in [1.29, 1.82) is 0 Å². The van der Waals surface area contributed by atoms with Crippen LogP contribution in [0.2, 0.25) is 0 Å². The molecule has 0 atom stereocenters. The summed E-state index contributed by atoms with van der Waals surface area (Å²) in [7, 11) is 0. The quantitative estimate of drug-likeness (QED) is 0.521. The zero-order valence-corrected chi connectivity index (χ0v) is 13.9. The number of aromatic nitrogens is 3. The van der Waals surface area contributed by atoms with Gasteiger partial charge < -0.3 is 0 Å². The molecule has 0 amide bonds. The maximum Gasteiger partial charge on any atom is 0.0346 e. The Morgan fingerprint density at radius 2 is 0.960 bits per heavy atom. The first-order valence-electron chi connectivity index (χ1n) is 8.17. The third-order valence-corrected chi connectivity index (χ3v) is 4.17. The van der Waals surface area contributed by atoms with E-state index in [0.29, 0.717) is 0 Å². The Bertz CT molecular complexity index is 938. The molecule has 120 valence electrons. The minimum atomic E-state index is 1.12. The van der Waals surface area contributed by atoms with Crippen LogP contribution in [0.15, 0.2) is 85.7 Å². The summed E-state index contributed by atoms with van der Waals surface area (Å²) in [5, 5.41) is 0. The Morgan fingerprint density at radius 1 is 0.480 bits per heavy atom. The zero-order chi connectivity index (χ0) is 17.1. The molecule has 3 aromatic heterocycles. The fourth-order valence-electron chi connectivity index (χ4n) is 2.93.